The number of likely N-dealkylation sites (N-methyl/N-ethyl adjacent to an activating group) is 1. The van der Waals surface area contributed by atoms with Crippen LogP contribution in [0.2, 0.25) is 5.02 Å². The maximum Gasteiger partial charge on any atom is 0.227 e. The van der Waals surface area contributed by atoms with Crippen molar-refractivity contribution in [1.82, 2.24) is 15.2 Å². The Balaban J connectivity index is 2.13. The number of amides is 1. The van der Waals surface area contributed by atoms with Crippen LogP contribution in [0.15, 0.2) is 48.8 Å². The van der Waals surface area contributed by atoms with E-state index in [4.69, 9.17) is 11.6 Å². The van der Waals surface area contributed by atoms with E-state index in [1.165, 1.54) is 0 Å². The van der Waals surface area contributed by atoms with Crippen molar-refractivity contribution in [2.45, 2.75) is 12.3 Å². The van der Waals surface area contributed by atoms with Gasteiger partial charge in [0.1, 0.15) is 0 Å². The van der Waals surface area contributed by atoms with Crippen molar-refractivity contribution in [2.75, 3.05) is 27.2 Å². The third kappa shape index (κ3) is 5.66. The largest absolute Gasteiger partial charge is 0.354 e. The SMILES string of the molecule is CN(C)CCNC(=O)C(Cc1cccnc1)c1ccc(Cl)cc1. The molecule has 4 nitrogen and oxygen atoms in total. The number of nitrogens with zero attached hydrogens (tertiary/aromatic N) is 2. The predicted octanol–water partition coefficient (Wildman–Crippen LogP) is 2.74. The monoisotopic (exact) mass is 331 g/mol. The van der Waals surface area contributed by atoms with Gasteiger partial charge in [-0.05, 0) is 49.8 Å². The first kappa shape index (κ1) is 17.4. The summed E-state index contributed by atoms with van der Waals surface area (Å²) in [6, 6.07) is 11.3. The zero-order chi connectivity index (χ0) is 16.7. The van der Waals surface area contributed by atoms with Crippen LogP contribution in [0.1, 0.15) is 17.0 Å². The van der Waals surface area contributed by atoms with E-state index < -0.39 is 0 Å². The van der Waals surface area contributed by atoms with Crippen molar-refractivity contribution in [3.63, 3.8) is 0 Å². The maximum atomic E-state index is 12.6. The van der Waals surface area contributed by atoms with Crippen molar-refractivity contribution >= 4 is 17.5 Å². The van der Waals surface area contributed by atoms with Crippen LogP contribution in [-0.2, 0) is 11.2 Å². The Labute approximate surface area is 142 Å². The third-order valence-electron chi connectivity index (χ3n) is 3.61. The van der Waals surface area contributed by atoms with Crippen molar-refractivity contribution in [2.24, 2.45) is 0 Å². The number of carbonyl (C=O) groups excluding carboxylic acids is 1. The molecule has 0 aliphatic heterocycles. The van der Waals surface area contributed by atoms with Crippen molar-refractivity contribution in [3.05, 3.63) is 64.9 Å². The molecule has 1 atom stereocenters. The molecule has 1 aromatic heterocycles. The molecule has 0 fully saturated rings. The van der Waals surface area contributed by atoms with Crippen LogP contribution in [-0.4, -0.2) is 43.0 Å². The molecule has 1 unspecified atom stereocenters. The minimum Gasteiger partial charge on any atom is -0.354 e. The van der Waals surface area contributed by atoms with Gasteiger partial charge < -0.3 is 10.2 Å². The maximum absolute atomic E-state index is 12.6. The molecule has 0 spiro atoms. The lowest BCUT2D eigenvalue weighted by Gasteiger charge is -2.18. The zero-order valence-corrected chi connectivity index (χ0v) is 14.3. The van der Waals surface area contributed by atoms with Gasteiger partial charge in [-0.1, -0.05) is 29.8 Å². The molecular formula is C18H22ClN3O. The minimum atomic E-state index is -0.251. The van der Waals surface area contributed by atoms with E-state index in [-0.39, 0.29) is 11.8 Å². The molecule has 122 valence electrons. The highest BCUT2D eigenvalue weighted by Crippen LogP contribution is 2.23. The molecule has 2 rings (SSSR count). The van der Waals surface area contributed by atoms with Crippen LogP contribution in [0.25, 0.3) is 0 Å². The Hall–Kier alpha value is -1.91. The average Bonchev–Trinajstić information content (AvgIpc) is 2.54. The Morgan fingerprint density at radius 3 is 2.61 bits per heavy atom. The first-order valence-corrected chi connectivity index (χ1v) is 8.01. The Kier molecular flexibility index (Phi) is 6.56. The van der Waals surface area contributed by atoms with Crippen LogP contribution in [0, 0.1) is 0 Å². The lowest BCUT2D eigenvalue weighted by Crippen LogP contribution is -2.35. The molecule has 0 saturated carbocycles. The van der Waals surface area contributed by atoms with Crippen LogP contribution in [0.5, 0.6) is 0 Å². The highest BCUT2D eigenvalue weighted by Gasteiger charge is 2.21. The van der Waals surface area contributed by atoms with Gasteiger partial charge in [0.05, 0.1) is 5.92 Å². The van der Waals surface area contributed by atoms with E-state index in [0.29, 0.717) is 18.0 Å². The molecule has 5 heteroatoms. The smallest absolute Gasteiger partial charge is 0.227 e. The molecule has 1 heterocycles. The third-order valence-corrected chi connectivity index (χ3v) is 3.86. The lowest BCUT2D eigenvalue weighted by molar-refractivity contribution is -0.122. The second-order valence-corrected chi connectivity index (χ2v) is 6.20. The van der Waals surface area contributed by atoms with Gasteiger partial charge in [-0.15, -0.1) is 0 Å². The first-order valence-electron chi connectivity index (χ1n) is 7.63. The molecule has 2 aromatic rings. The Bertz CT molecular complexity index is 614. The average molecular weight is 332 g/mol. The number of nitrogens with one attached hydrogen (secondary N) is 1. The van der Waals surface area contributed by atoms with E-state index >= 15 is 0 Å². The Morgan fingerprint density at radius 1 is 1.26 bits per heavy atom. The van der Waals surface area contributed by atoms with Gasteiger partial charge in [0.25, 0.3) is 0 Å². The van der Waals surface area contributed by atoms with Gasteiger partial charge in [0.15, 0.2) is 0 Å². The summed E-state index contributed by atoms with van der Waals surface area (Å²) in [7, 11) is 3.97. The summed E-state index contributed by atoms with van der Waals surface area (Å²) >= 11 is 5.96. The highest BCUT2D eigenvalue weighted by molar-refractivity contribution is 6.30. The van der Waals surface area contributed by atoms with E-state index in [9.17, 15) is 4.79 Å². The number of benzene rings is 1. The van der Waals surface area contributed by atoms with Crippen molar-refractivity contribution in [1.29, 1.82) is 0 Å². The number of aromatic nitrogens is 1. The van der Waals surface area contributed by atoms with E-state index in [0.717, 1.165) is 17.7 Å². The molecule has 0 bridgehead atoms. The van der Waals surface area contributed by atoms with Crippen LogP contribution < -0.4 is 5.32 Å². The van der Waals surface area contributed by atoms with Crippen LogP contribution in [0.3, 0.4) is 0 Å². The fraction of sp³-hybridized carbons (Fsp3) is 0.333. The minimum absolute atomic E-state index is 0.0259. The molecular weight excluding hydrogens is 310 g/mol. The summed E-state index contributed by atoms with van der Waals surface area (Å²) in [5.41, 5.74) is 2.00. The number of halogens is 1. The van der Waals surface area contributed by atoms with Gasteiger partial charge in [0.2, 0.25) is 5.91 Å². The number of hydrogen-bond donors (Lipinski definition) is 1. The molecule has 1 amide bonds. The zero-order valence-electron chi connectivity index (χ0n) is 13.5. The molecule has 0 aliphatic rings. The molecule has 1 N–H and O–H groups in total. The summed E-state index contributed by atoms with van der Waals surface area (Å²) < 4.78 is 0. The summed E-state index contributed by atoms with van der Waals surface area (Å²) in [6.07, 6.45) is 4.15. The molecule has 1 aromatic carbocycles. The number of pyridine rings is 1. The van der Waals surface area contributed by atoms with Crippen LogP contribution >= 0.6 is 11.6 Å². The first-order chi connectivity index (χ1) is 11.1. The normalized spacial score (nSPS) is 12.2. The molecule has 0 radical (unpaired) electrons. The topological polar surface area (TPSA) is 45.2 Å². The molecule has 23 heavy (non-hydrogen) atoms. The summed E-state index contributed by atoms with van der Waals surface area (Å²) in [5.74, 6) is -0.225. The predicted molar refractivity (Wildman–Crippen MR) is 93.7 cm³/mol. The number of carbonyl (C=O) groups is 1. The lowest BCUT2D eigenvalue weighted by atomic mass is 9.92. The fourth-order valence-corrected chi connectivity index (χ4v) is 2.46. The quantitative estimate of drug-likeness (QED) is 0.848. The van der Waals surface area contributed by atoms with Crippen LogP contribution in [0.4, 0.5) is 0 Å². The highest BCUT2D eigenvalue weighted by atomic mass is 35.5. The van der Waals surface area contributed by atoms with Crippen molar-refractivity contribution in [3.8, 4) is 0 Å². The second kappa shape index (κ2) is 8.65. The fourth-order valence-electron chi connectivity index (χ4n) is 2.34. The molecule has 0 aliphatic carbocycles. The number of hydrogen-bond acceptors (Lipinski definition) is 3. The molecule has 0 saturated heterocycles. The van der Waals surface area contributed by atoms with Gasteiger partial charge in [0, 0.05) is 30.5 Å². The van der Waals surface area contributed by atoms with Gasteiger partial charge >= 0.3 is 0 Å². The summed E-state index contributed by atoms with van der Waals surface area (Å²) in [4.78, 5) is 18.8. The van der Waals surface area contributed by atoms with E-state index in [1.807, 2.05) is 55.4 Å². The number of rotatable bonds is 7. The second-order valence-electron chi connectivity index (χ2n) is 5.76. The summed E-state index contributed by atoms with van der Waals surface area (Å²) in [6.45, 7) is 1.44. The Morgan fingerprint density at radius 2 is 2.00 bits per heavy atom. The van der Waals surface area contributed by atoms with Gasteiger partial charge in [-0.2, -0.15) is 0 Å². The standard InChI is InChI=1S/C18H22ClN3O/c1-22(2)11-10-21-18(23)17(12-14-4-3-9-20-13-14)15-5-7-16(19)8-6-15/h3-9,13,17H,10-12H2,1-2H3,(H,21,23). The summed E-state index contributed by atoms with van der Waals surface area (Å²) in [5, 5.41) is 3.68. The van der Waals surface area contributed by atoms with E-state index in [2.05, 4.69) is 10.3 Å². The van der Waals surface area contributed by atoms with E-state index in [1.54, 1.807) is 12.4 Å². The van der Waals surface area contributed by atoms with Gasteiger partial charge in [-0.25, -0.2) is 0 Å². The van der Waals surface area contributed by atoms with Crippen molar-refractivity contribution < 1.29 is 4.79 Å². The van der Waals surface area contributed by atoms with Gasteiger partial charge in [-0.3, -0.25) is 9.78 Å².